The molecule has 1 aromatic heterocycles. The largest absolute Gasteiger partial charge is 0.778 e. The number of carbonyl (C=O) groups excluding carboxylic acids is 3. The molecule has 4 aromatic rings. The number of halogens is 8. The predicted octanol–water partition coefficient (Wildman–Crippen LogP) is 7.63. The van der Waals surface area contributed by atoms with Gasteiger partial charge in [-0.2, -0.15) is 13.5 Å². The van der Waals surface area contributed by atoms with Gasteiger partial charge in [0.1, 0.15) is 49.5 Å². The van der Waals surface area contributed by atoms with Crippen LogP contribution < -0.4 is 30.4 Å². The van der Waals surface area contributed by atoms with Gasteiger partial charge >= 0.3 is 24.2 Å². The van der Waals surface area contributed by atoms with E-state index in [2.05, 4.69) is 30.8 Å². The number of alkyl halides is 6. The number of nitrogens with one attached hydrogen (secondary N) is 1. The molecule has 74 heavy (non-hydrogen) atoms. The van der Waals surface area contributed by atoms with Crippen molar-refractivity contribution in [3.05, 3.63) is 98.4 Å². The average Bonchev–Trinajstić information content (AvgIpc) is 3.62. The molecule has 3 atom stereocenters. The maximum Gasteiger partial charge on any atom is 0.355 e. The highest BCUT2D eigenvalue weighted by Crippen LogP contribution is 2.35. The summed E-state index contributed by atoms with van der Waals surface area (Å²) in [7, 11) is -3.71. The minimum atomic E-state index is -4.35. The van der Waals surface area contributed by atoms with Gasteiger partial charge in [-0.1, -0.05) is 72.1 Å². The van der Waals surface area contributed by atoms with E-state index in [-0.39, 0.29) is 70.2 Å². The van der Waals surface area contributed by atoms with E-state index >= 15 is 0 Å². The summed E-state index contributed by atoms with van der Waals surface area (Å²) in [5, 5.41) is 12.5. The highest BCUT2D eigenvalue weighted by Gasteiger charge is 2.32. The lowest BCUT2D eigenvalue weighted by Gasteiger charge is -2.35. The van der Waals surface area contributed by atoms with Crippen molar-refractivity contribution in [1.29, 1.82) is 0 Å². The van der Waals surface area contributed by atoms with Crippen LogP contribution in [0.1, 0.15) is 56.8 Å². The van der Waals surface area contributed by atoms with Gasteiger partial charge in [-0.3, -0.25) is 29.4 Å². The van der Waals surface area contributed by atoms with Crippen LogP contribution in [0.25, 0.3) is 5.69 Å². The van der Waals surface area contributed by atoms with Crippen molar-refractivity contribution in [3.63, 3.8) is 0 Å². The summed E-state index contributed by atoms with van der Waals surface area (Å²) in [6.07, 6.45) is 6.63. The minimum absolute atomic E-state index is 0.0371. The molecule has 0 bridgehead atoms. The maximum atomic E-state index is 14.2. The van der Waals surface area contributed by atoms with Crippen LogP contribution in [0.2, 0.25) is 5.02 Å². The van der Waals surface area contributed by atoms with Crippen LogP contribution in [0.15, 0.2) is 59.4 Å². The summed E-state index contributed by atoms with van der Waals surface area (Å²) in [4.78, 5) is 77.5. The molecule has 0 radical (unpaired) electrons. The first-order valence-corrected chi connectivity index (χ1v) is 28.6. The second kappa shape index (κ2) is 33.9. The molecule has 28 heteroatoms. The number of aryl methyl sites for hydroxylation is 3. The fourth-order valence-corrected chi connectivity index (χ4v) is 7.43. The monoisotopic (exact) mass is 1180 g/mol. The molecule has 1 aliphatic heterocycles. The highest BCUT2D eigenvalue weighted by molar-refractivity contribution is 7.94. The Bertz CT molecular complexity index is 2560. The number of aliphatic carboxylic acids is 1. The highest BCUT2D eigenvalue weighted by atomic mass is 35.5. The van der Waals surface area contributed by atoms with Gasteiger partial charge in [0.2, 0.25) is 5.91 Å². The third kappa shape index (κ3) is 22.6. The molecule has 3 N–H and O–H groups in total. The van der Waals surface area contributed by atoms with E-state index in [9.17, 15) is 46.6 Å². The lowest BCUT2D eigenvalue weighted by Crippen LogP contribution is -2.47. The van der Waals surface area contributed by atoms with Crippen LogP contribution >= 0.6 is 65.6 Å². The number of rotatable bonds is 17. The zero-order valence-corrected chi connectivity index (χ0v) is 47.5. The number of hydrogen-bond donors (Lipinski definition) is 3. The number of hydrogen-bond acceptors (Lipinski definition) is 12. The van der Waals surface area contributed by atoms with Crippen molar-refractivity contribution in [2.75, 3.05) is 73.8 Å². The number of aromatic nitrogens is 3. The number of amides is 2. The maximum absolute atomic E-state index is 14.2. The van der Waals surface area contributed by atoms with Crippen molar-refractivity contribution in [1.82, 2.24) is 19.7 Å². The second-order valence-electron chi connectivity index (χ2n) is 15.7. The van der Waals surface area contributed by atoms with E-state index in [4.69, 9.17) is 82.2 Å². The topological polar surface area (TPSA) is 235 Å². The van der Waals surface area contributed by atoms with Crippen molar-refractivity contribution >= 4 is 112 Å². The summed E-state index contributed by atoms with van der Waals surface area (Å²) in [6.45, 7) is 8.46. The summed E-state index contributed by atoms with van der Waals surface area (Å²) in [5.74, 6) is -2.89. The van der Waals surface area contributed by atoms with Crippen LogP contribution in [0.4, 0.5) is 24.5 Å². The normalized spacial score (nSPS) is 13.8. The molecule has 0 spiro atoms. The van der Waals surface area contributed by atoms with Gasteiger partial charge in [0.05, 0.1) is 55.6 Å². The van der Waals surface area contributed by atoms with Gasteiger partial charge < -0.3 is 38.6 Å². The number of anilines is 2. The number of carboxylic acid groups (broad SMARTS) is 1. The number of nitrogens with zero attached hydrogens (tertiary/aromatic N) is 5. The molecule has 0 saturated heterocycles. The van der Waals surface area contributed by atoms with Crippen LogP contribution in [-0.2, 0) is 57.0 Å². The number of carboxylic acids is 1. The first-order chi connectivity index (χ1) is 34.6. The van der Waals surface area contributed by atoms with Gasteiger partial charge in [0, 0.05) is 18.1 Å². The van der Waals surface area contributed by atoms with Gasteiger partial charge in [-0.25, -0.2) is 13.8 Å². The Kier molecular flexibility index (Phi) is 31.1. The van der Waals surface area contributed by atoms with Crippen molar-refractivity contribution in [2.45, 2.75) is 77.2 Å². The molecular weight excluding hydrogens is 1130 g/mol. The number of esters is 1. The lowest BCUT2D eigenvalue weighted by molar-refractivity contribution is -0.193. The van der Waals surface area contributed by atoms with Gasteiger partial charge in [0.15, 0.2) is 10.7 Å². The molecular formula is C46H61Cl5F3N6O12PS. The van der Waals surface area contributed by atoms with E-state index in [1.165, 1.54) is 6.92 Å². The molecule has 1 aliphatic rings. The Hall–Kier alpha value is -4.06. The van der Waals surface area contributed by atoms with Gasteiger partial charge in [-0.15, -0.1) is 28.3 Å². The average molecular weight is 1190 g/mol. The zero-order valence-electron chi connectivity index (χ0n) is 42.0. The number of ether oxygens (including phenoxy) is 3. The fourth-order valence-electron chi connectivity index (χ4n) is 6.22. The molecule has 414 valence electrons. The molecule has 0 aliphatic carbocycles. The van der Waals surface area contributed by atoms with Crippen LogP contribution in [0, 0.1) is 19.7 Å². The second-order valence-corrected chi connectivity index (χ2v) is 22.0. The molecule has 3 unspecified atom stereocenters. The standard InChI is InChI=1S/C15H14Cl2F3N3O3.C14H20ClNO2.C11H11Cl2NO2.C3H8NO5P.C3H9S/c1-3-26-13(24)10(17)4-8-5-12(11(18)6-9(8)16)23-15(25)22(14(19)20)7(2)21-23;1-4-12-8-6-7-11(3)14(12)16(10-18-5-2)13(17)9-15;1-7-6-16-9-5-3-2-4-8(9)14(7)11(15)10(12)13;5-3(6)1-4-2-10(7,8)9;1-4(2)3/h5-6,10,14H,3-4H2,1-2H3;6-8H,4-5,9-10H2,1-3H3;2-5,7,10H,6H2,1H3;4H,1-2H2,(H,5,6)(H2,7,8,9);1-3H3/q;;;;+1/p-1. The summed E-state index contributed by atoms with van der Waals surface area (Å²) in [6, 6.07) is 15.3. The number of benzene rings is 3. The van der Waals surface area contributed by atoms with Crippen molar-refractivity contribution < 1.29 is 66.0 Å². The molecule has 3 aromatic carbocycles. The van der Waals surface area contributed by atoms with Gasteiger partial charge in [-0.05, 0) is 92.9 Å². The first kappa shape index (κ1) is 68.0. The summed E-state index contributed by atoms with van der Waals surface area (Å²) < 4.78 is 66.3. The third-order valence-electron chi connectivity index (χ3n) is 9.33. The van der Waals surface area contributed by atoms with Crippen molar-refractivity contribution in [3.8, 4) is 11.4 Å². The van der Waals surface area contributed by atoms with Gasteiger partial charge in [0.25, 0.3) is 5.91 Å². The zero-order chi connectivity index (χ0) is 56.6. The first-order valence-electron chi connectivity index (χ1n) is 22.1. The number of para-hydroxylation sites is 3. The number of carbonyl (C=O) groups is 4. The molecule has 0 saturated carbocycles. The van der Waals surface area contributed by atoms with E-state index in [1.807, 2.05) is 68.6 Å². The van der Waals surface area contributed by atoms with Crippen LogP contribution in [-0.4, -0.2) is 128 Å². The quantitative estimate of drug-likeness (QED) is 0.0303. The molecule has 18 nitrogen and oxygen atoms in total. The summed E-state index contributed by atoms with van der Waals surface area (Å²) in [5.41, 5.74) is 2.48. The fraction of sp³-hybridized carbons (Fsp3) is 0.478. The third-order valence-corrected chi connectivity index (χ3v) is 11.2. The SMILES string of the molecule is CC1COc2ccccc2N1C(=O)C(Cl)Cl.CCOC(=O)C(Cl)Cc1cc(-n2nc(C)n(C(F)F)c2=O)c(F)cc1Cl.CCOCN(C(=O)CCl)c1c(C)cccc1CC.C[S+](C)C.O=C(O)CNCP(=O)([O-])O. The van der Waals surface area contributed by atoms with Crippen LogP contribution in [0.5, 0.6) is 5.75 Å². The van der Waals surface area contributed by atoms with E-state index in [1.54, 1.807) is 16.7 Å². The Morgan fingerprint density at radius 3 is 2.15 bits per heavy atom. The van der Waals surface area contributed by atoms with Crippen LogP contribution in [0.3, 0.4) is 0 Å². The molecule has 2 heterocycles. The Morgan fingerprint density at radius 1 is 1.01 bits per heavy atom. The Balaban J connectivity index is 0.000000503. The molecule has 2 amide bonds. The Morgan fingerprint density at radius 2 is 1.64 bits per heavy atom. The molecule has 5 rings (SSSR count). The van der Waals surface area contributed by atoms with E-state index in [0.29, 0.717) is 34.5 Å². The number of fused-ring (bicyclic) bond motifs is 1. The predicted molar refractivity (Wildman–Crippen MR) is 284 cm³/mol. The smallest absolute Gasteiger partial charge is 0.355 e. The van der Waals surface area contributed by atoms with E-state index < -0.39 is 60.6 Å². The minimum Gasteiger partial charge on any atom is -0.778 e. The lowest BCUT2D eigenvalue weighted by atomic mass is 10.0. The molecule has 0 fully saturated rings. The van der Waals surface area contributed by atoms with Crippen molar-refractivity contribution in [2.24, 2.45) is 0 Å². The Labute approximate surface area is 455 Å². The van der Waals surface area contributed by atoms with E-state index in [0.717, 1.165) is 41.1 Å². The summed E-state index contributed by atoms with van der Waals surface area (Å²) >= 11 is 28.8.